The number of Topliss-reactive ketones (excluding diaryl/α,β-unsaturated/α-hetero) is 1. The highest BCUT2D eigenvalue weighted by molar-refractivity contribution is 7.96. The lowest BCUT2D eigenvalue weighted by atomic mass is 10.1. The van der Waals surface area contributed by atoms with Crippen molar-refractivity contribution in [3.8, 4) is 5.75 Å². The SMILES string of the molecule is COc1cccc(C(=O)C[P+](c2ccccc2)(c2ccccc2)c2ccccc2)c1. The molecule has 0 spiro atoms. The molecule has 0 N–H and O–H groups in total. The van der Waals surface area contributed by atoms with E-state index in [1.807, 2.05) is 42.5 Å². The molecular formula is C27H24O2P+. The summed E-state index contributed by atoms with van der Waals surface area (Å²) >= 11 is 0. The van der Waals surface area contributed by atoms with Crippen molar-refractivity contribution < 1.29 is 9.53 Å². The van der Waals surface area contributed by atoms with Crippen molar-refractivity contribution in [1.82, 2.24) is 0 Å². The number of rotatable bonds is 7. The highest BCUT2D eigenvalue weighted by atomic mass is 31.2. The summed E-state index contributed by atoms with van der Waals surface area (Å²) in [5.41, 5.74) is 0.682. The van der Waals surface area contributed by atoms with E-state index < -0.39 is 7.26 Å². The summed E-state index contributed by atoms with van der Waals surface area (Å²) in [4.78, 5) is 13.6. The normalized spacial score (nSPS) is 11.1. The summed E-state index contributed by atoms with van der Waals surface area (Å²) < 4.78 is 5.35. The van der Waals surface area contributed by atoms with Gasteiger partial charge in [0.1, 0.15) is 35.1 Å². The lowest BCUT2D eigenvalue weighted by Crippen LogP contribution is -2.35. The van der Waals surface area contributed by atoms with Crippen molar-refractivity contribution >= 4 is 29.0 Å². The van der Waals surface area contributed by atoms with E-state index in [1.54, 1.807) is 7.11 Å². The zero-order valence-electron chi connectivity index (χ0n) is 16.9. The largest absolute Gasteiger partial charge is 0.497 e. The minimum Gasteiger partial charge on any atom is -0.497 e. The monoisotopic (exact) mass is 411 g/mol. The average Bonchev–Trinajstić information content (AvgIpc) is 2.84. The number of hydrogen-bond acceptors (Lipinski definition) is 2. The summed E-state index contributed by atoms with van der Waals surface area (Å²) in [7, 11) is -0.565. The molecule has 0 atom stereocenters. The Morgan fingerprint density at radius 3 is 1.57 bits per heavy atom. The average molecular weight is 411 g/mol. The second-order valence-corrected chi connectivity index (χ2v) is 10.6. The molecule has 4 rings (SSSR count). The van der Waals surface area contributed by atoms with Crippen LogP contribution in [0.4, 0.5) is 0 Å². The first-order valence-corrected chi connectivity index (χ1v) is 11.9. The molecule has 30 heavy (non-hydrogen) atoms. The predicted octanol–water partition coefficient (Wildman–Crippen LogP) is 4.87. The highest BCUT2D eigenvalue weighted by Crippen LogP contribution is 2.55. The molecule has 0 amide bonds. The molecule has 4 aromatic carbocycles. The maximum atomic E-state index is 13.6. The van der Waals surface area contributed by atoms with Crippen LogP contribution < -0.4 is 20.7 Å². The molecule has 0 heterocycles. The van der Waals surface area contributed by atoms with Gasteiger partial charge >= 0.3 is 0 Å². The number of ketones is 1. The van der Waals surface area contributed by atoms with Crippen molar-refractivity contribution in [2.45, 2.75) is 0 Å². The van der Waals surface area contributed by atoms with Crippen LogP contribution in [-0.2, 0) is 0 Å². The van der Waals surface area contributed by atoms with Crippen LogP contribution in [0.3, 0.4) is 0 Å². The zero-order valence-corrected chi connectivity index (χ0v) is 17.8. The Labute approximate surface area is 178 Å². The van der Waals surface area contributed by atoms with Gasteiger partial charge in [-0.3, -0.25) is 4.79 Å². The smallest absolute Gasteiger partial charge is 0.201 e. The van der Waals surface area contributed by atoms with E-state index in [2.05, 4.69) is 72.8 Å². The zero-order chi connectivity index (χ0) is 20.8. The quantitative estimate of drug-likeness (QED) is 0.320. The molecule has 0 fully saturated rings. The Morgan fingerprint density at radius 2 is 1.13 bits per heavy atom. The number of carbonyl (C=O) groups excluding carboxylic acids is 1. The molecule has 0 bridgehead atoms. The van der Waals surface area contributed by atoms with Crippen LogP contribution >= 0.6 is 7.26 Å². The number of carbonyl (C=O) groups is 1. The van der Waals surface area contributed by atoms with Gasteiger partial charge in [-0.25, -0.2) is 0 Å². The third kappa shape index (κ3) is 3.92. The molecule has 148 valence electrons. The Hall–Kier alpha value is -3.22. The fraction of sp³-hybridized carbons (Fsp3) is 0.0741. The molecule has 0 saturated heterocycles. The van der Waals surface area contributed by atoms with Gasteiger partial charge in [0.05, 0.1) is 7.11 Å². The Balaban J connectivity index is 1.92. The topological polar surface area (TPSA) is 26.3 Å². The van der Waals surface area contributed by atoms with Crippen molar-refractivity contribution in [3.63, 3.8) is 0 Å². The molecule has 0 aliphatic carbocycles. The van der Waals surface area contributed by atoms with Crippen molar-refractivity contribution in [3.05, 3.63) is 121 Å². The van der Waals surface area contributed by atoms with Gasteiger partial charge in [0, 0.05) is 5.56 Å². The Bertz CT molecular complexity index is 1010. The maximum absolute atomic E-state index is 13.6. The van der Waals surface area contributed by atoms with Crippen LogP contribution in [0.25, 0.3) is 0 Å². The van der Waals surface area contributed by atoms with Crippen LogP contribution in [-0.4, -0.2) is 19.1 Å². The van der Waals surface area contributed by atoms with Crippen molar-refractivity contribution in [2.24, 2.45) is 0 Å². The second-order valence-electron chi connectivity index (χ2n) is 7.13. The van der Waals surface area contributed by atoms with Crippen LogP contribution in [0, 0.1) is 0 Å². The molecular weight excluding hydrogens is 387 g/mol. The van der Waals surface area contributed by atoms with Crippen LogP contribution in [0.1, 0.15) is 10.4 Å². The maximum Gasteiger partial charge on any atom is 0.201 e. The summed E-state index contributed by atoms with van der Waals surface area (Å²) in [5.74, 6) is 0.822. The van der Waals surface area contributed by atoms with E-state index in [-0.39, 0.29) is 5.78 Å². The lowest BCUT2D eigenvalue weighted by molar-refractivity contribution is 0.102. The van der Waals surface area contributed by atoms with Gasteiger partial charge in [-0.2, -0.15) is 0 Å². The molecule has 4 aromatic rings. The fourth-order valence-electron chi connectivity index (χ4n) is 3.87. The molecule has 0 unspecified atom stereocenters. The van der Waals surface area contributed by atoms with Gasteiger partial charge in [0.15, 0.2) is 0 Å². The molecule has 0 aliphatic heterocycles. The number of hydrogen-bond donors (Lipinski definition) is 0. The number of ether oxygens (including phenoxy) is 1. The lowest BCUT2D eigenvalue weighted by Gasteiger charge is -2.27. The van der Waals surface area contributed by atoms with Gasteiger partial charge in [-0.05, 0) is 48.5 Å². The molecule has 0 aromatic heterocycles. The fourth-order valence-corrected chi connectivity index (χ4v) is 7.97. The van der Waals surface area contributed by atoms with Gasteiger partial charge in [0.2, 0.25) is 5.78 Å². The third-order valence-corrected chi connectivity index (χ3v) is 9.66. The van der Waals surface area contributed by atoms with E-state index in [4.69, 9.17) is 4.74 Å². The van der Waals surface area contributed by atoms with Crippen molar-refractivity contribution in [2.75, 3.05) is 13.3 Å². The van der Waals surface area contributed by atoms with Crippen LogP contribution in [0.2, 0.25) is 0 Å². The summed E-state index contributed by atoms with van der Waals surface area (Å²) in [6.45, 7) is 0. The first-order valence-electron chi connectivity index (χ1n) is 9.96. The van der Waals surface area contributed by atoms with Crippen LogP contribution in [0.5, 0.6) is 5.75 Å². The molecule has 3 heteroatoms. The number of methoxy groups -OCH3 is 1. The highest BCUT2D eigenvalue weighted by Gasteiger charge is 2.47. The van der Waals surface area contributed by atoms with E-state index in [9.17, 15) is 4.79 Å². The van der Waals surface area contributed by atoms with Crippen LogP contribution in [0.15, 0.2) is 115 Å². The van der Waals surface area contributed by atoms with E-state index in [1.165, 1.54) is 15.9 Å². The molecule has 2 nitrogen and oxygen atoms in total. The summed E-state index contributed by atoms with van der Waals surface area (Å²) in [6.07, 6.45) is 0.429. The van der Waals surface area contributed by atoms with Gasteiger partial charge < -0.3 is 4.74 Å². The Morgan fingerprint density at radius 1 is 0.667 bits per heavy atom. The predicted molar refractivity (Wildman–Crippen MR) is 127 cm³/mol. The molecule has 0 radical (unpaired) electrons. The third-order valence-electron chi connectivity index (χ3n) is 5.36. The second kappa shape index (κ2) is 9.07. The standard InChI is InChI=1S/C27H24O2P/c1-29-23-13-11-12-22(20-23)27(28)21-30(24-14-5-2-6-15-24,25-16-7-3-8-17-25)26-18-9-4-10-19-26/h2-20H,21H2,1H3/q+1. The first-order chi connectivity index (χ1) is 14.7. The van der Waals surface area contributed by atoms with E-state index >= 15 is 0 Å². The molecule has 0 aliphatic rings. The Kier molecular flexibility index (Phi) is 6.07. The summed E-state index contributed by atoms with van der Waals surface area (Å²) in [6, 6.07) is 38.9. The minimum absolute atomic E-state index is 0.124. The number of benzene rings is 4. The summed E-state index contributed by atoms with van der Waals surface area (Å²) in [5, 5.41) is 3.62. The van der Waals surface area contributed by atoms with Gasteiger partial charge in [-0.15, -0.1) is 0 Å². The minimum atomic E-state index is -2.19. The van der Waals surface area contributed by atoms with E-state index in [0.29, 0.717) is 17.5 Å². The van der Waals surface area contributed by atoms with Crippen molar-refractivity contribution in [1.29, 1.82) is 0 Å². The first kappa shape index (κ1) is 20.1. The van der Waals surface area contributed by atoms with Gasteiger partial charge in [-0.1, -0.05) is 66.7 Å². The van der Waals surface area contributed by atoms with Gasteiger partial charge in [0.25, 0.3) is 0 Å². The molecule has 0 saturated carbocycles. The van der Waals surface area contributed by atoms with E-state index in [0.717, 1.165) is 0 Å².